The van der Waals surface area contributed by atoms with Crippen LogP contribution in [-0.4, -0.2) is 18.5 Å². The Labute approximate surface area is 123 Å². The molecule has 5 unspecified atom stereocenters. The quantitative estimate of drug-likeness (QED) is 0.812. The van der Waals surface area contributed by atoms with Crippen LogP contribution in [0, 0.1) is 23.7 Å². The highest BCUT2D eigenvalue weighted by Gasteiger charge is 2.39. The van der Waals surface area contributed by atoms with Crippen molar-refractivity contribution in [1.29, 1.82) is 0 Å². The Balaban J connectivity index is 1.31. The van der Waals surface area contributed by atoms with Gasteiger partial charge in [0, 0.05) is 19.0 Å². The number of amides is 1. The van der Waals surface area contributed by atoms with E-state index < -0.39 is 0 Å². The van der Waals surface area contributed by atoms with Crippen LogP contribution in [0.25, 0.3) is 0 Å². The Kier molecular flexibility index (Phi) is 4.65. The van der Waals surface area contributed by atoms with E-state index in [0.717, 1.165) is 37.1 Å². The number of carbonyl (C=O) groups is 1. The number of rotatable bonds is 5. The third kappa shape index (κ3) is 3.55. The van der Waals surface area contributed by atoms with Crippen molar-refractivity contribution in [2.45, 2.75) is 70.3 Å². The van der Waals surface area contributed by atoms with E-state index in [1.54, 1.807) is 0 Å². The van der Waals surface area contributed by atoms with E-state index >= 15 is 0 Å². The van der Waals surface area contributed by atoms with Crippen LogP contribution in [-0.2, 0) is 4.79 Å². The molecule has 3 aliphatic carbocycles. The number of hydrogen-bond acceptors (Lipinski definition) is 2. The van der Waals surface area contributed by atoms with E-state index in [0.29, 0.717) is 18.4 Å². The van der Waals surface area contributed by atoms with Crippen LogP contribution in [0.3, 0.4) is 0 Å². The maximum absolute atomic E-state index is 12.0. The van der Waals surface area contributed by atoms with E-state index in [1.807, 2.05) is 0 Å². The summed E-state index contributed by atoms with van der Waals surface area (Å²) in [6.07, 6.45) is 12.2. The van der Waals surface area contributed by atoms with Crippen molar-refractivity contribution in [2.24, 2.45) is 29.4 Å². The summed E-state index contributed by atoms with van der Waals surface area (Å²) >= 11 is 0. The first-order valence-electron chi connectivity index (χ1n) is 8.73. The molecule has 2 bridgehead atoms. The maximum atomic E-state index is 12.0. The molecule has 3 nitrogen and oxygen atoms in total. The van der Waals surface area contributed by atoms with Crippen molar-refractivity contribution >= 4 is 5.91 Å². The largest absolute Gasteiger partial charge is 0.356 e. The van der Waals surface area contributed by atoms with Gasteiger partial charge in [-0.3, -0.25) is 4.79 Å². The van der Waals surface area contributed by atoms with Crippen molar-refractivity contribution in [3.63, 3.8) is 0 Å². The summed E-state index contributed by atoms with van der Waals surface area (Å²) in [6.45, 7) is 0.935. The SMILES string of the molecule is NC1CCCC(CCC(=O)NCC2CC3CCC2C3)C1. The van der Waals surface area contributed by atoms with Gasteiger partial charge in [0.15, 0.2) is 0 Å². The molecule has 3 aliphatic rings. The predicted octanol–water partition coefficient (Wildman–Crippen LogP) is 2.84. The van der Waals surface area contributed by atoms with E-state index in [9.17, 15) is 4.79 Å². The topological polar surface area (TPSA) is 55.1 Å². The van der Waals surface area contributed by atoms with Crippen LogP contribution in [0.15, 0.2) is 0 Å². The molecule has 3 heteroatoms. The fourth-order valence-electron chi connectivity index (χ4n) is 4.89. The van der Waals surface area contributed by atoms with Gasteiger partial charge in [0.2, 0.25) is 5.91 Å². The molecule has 0 aromatic carbocycles. The normalized spacial score (nSPS) is 40.0. The van der Waals surface area contributed by atoms with Crippen LogP contribution >= 0.6 is 0 Å². The predicted molar refractivity (Wildman–Crippen MR) is 81.1 cm³/mol. The molecule has 3 fully saturated rings. The van der Waals surface area contributed by atoms with Gasteiger partial charge in [-0.05, 0) is 62.2 Å². The molecular formula is C17H30N2O. The summed E-state index contributed by atoms with van der Waals surface area (Å²) < 4.78 is 0. The minimum absolute atomic E-state index is 0.270. The first-order valence-corrected chi connectivity index (χ1v) is 8.73. The van der Waals surface area contributed by atoms with Gasteiger partial charge < -0.3 is 11.1 Å². The highest BCUT2D eigenvalue weighted by atomic mass is 16.1. The lowest BCUT2D eigenvalue weighted by Gasteiger charge is -2.26. The van der Waals surface area contributed by atoms with E-state index in [1.165, 1.54) is 44.9 Å². The Morgan fingerprint density at radius 2 is 2.00 bits per heavy atom. The molecular weight excluding hydrogens is 248 g/mol. The molecule has 3 rings (SSSR count). The Morgan fingerprint density at radius 1 is 1.10 bits per heavy atom. The molecule has 5 atom stereocenters. The molecule has 3 N–H and O–H groups in total. The smallest absolute Gasteiger partial charge is 0.220 e. The van der Waals surface area contributed by atoms with Gasteiger partial charge in [0.1, 0.15) is 0 Å². The standard InChI is InChI=1S/C17H30N2O/c18-16-3-1-2-12(10-16)5-7-17(20)19-11-15-9-13-4-6-14(15)8-13/h12-16H,1-11,18H2,(H,19,20). The van der Waals surface area contributed by atoms with Crippen molar-refractivity contribution in [2.75, 3.05) is 6.54 Å². The second-order valence-electron chi connectivity index (χ2n) is 7.57. The van der Waals surface area contributed by atoms with Gasteiger partial charge in [0.25, 0.3) is 0 Å². The molecule has 0 radical (unpaired) electrons. The summed E-state index contributed by atoms with van der Waals surface area (Å²) in [7, 11) is 0. The van der Waals surface area contributed by atoms with E-state index in [-0.39, 0.29) is 5.91 Å². The molecule has 1 amide bonds. The molecule has 0 aromatic rings. The number of nitrogens with two attached hydrogens (primary N) is 1. The fourth-order valence-corrected chi connectivity index (χ4v) is 4.89. The average Bonchev–Trinajstić information content (AvgIpc) is 3.05. The zero-order chi connectivity index (χ0) is 13.9. The highest BCUT2D eigenvalue weighted by Crippen LogP contribution is 2.47. The van der Waals surface area contributed by atoms with Crippen LogP contribution < -0.4 is 11.1 Å². The summed E-state index contributed by atoms with van der Waals surface area (Å²) in [5.74, 6) is 3.63. The van der Waals surface area contributed by atoms with E-state index in [2.05, 4.69) is 5.32 Å². The zero-order valence-corrected chi connectivity index (χ0v) is 12.7. The van der Waals surface area contributed by atoms with Gasteiger partial charge >= 0.3 is 0 Å². The lowest BCUT2D eigenvalue weighted by atomic mass is 9.83. The number of nitrogens with one attached hydrogen (secondary N) is 1. The third-order valence-corrected chi connectivity index (χ3v) is 6.05. The third-order valence-electron chi connectivity index (χ3n) is 6.05. The summed E-state index contributed by atoms with van der Waals surface area (Å²) in [5, 5.41) is 3.19. The molecule has 20 heavy (non-hydrogen) atoms. The Bertz CT molecular complexity index is 344. The average molecular weight is 278 g/mol. The van der Waals surface area contributed by atoms with Gasteiger partial charge in [0.05, 0.1) is 0 Å². The summed E-state index contributed by atoms with van der Waals surface area (Å²) in [6, 6.07) is 0.380. The lowest BCUT2D eigenvalue weighted by Crippen LogP contribution is -2.32. The second-order valence-corrected chi connectivity index (χ2v) is 7.57. The highest BCUT2D eigenvalue weighted by molar-refractivity contribution is 5.75. The molecule has 114 valence electrons. The fraction of sp³-hybridized carbons (Fsp3) is 0.941. The number of fused-ring (bicyclic) bond motifs is 2. The van der Waals surface area contributed by atoms with Crippen LogP contribution in [0.1, 0.15) is 64.2 Å². The Morgan fingerprint density at radius 3 is 2.70 bits per heavy atom. The first-order chi connectivity index (χ1) is 9.70. The van der Waals surface area contributed by atoms with Crippen LogP contribution in [0.5, 0.6) is 0 Å². The van der Waals surface area contributed by atoms with Crippen LogP contribution in [0.2, 0.25) is 0 Å². The van der Waals surface area contributed by atoms with Crippen molar-refractivity contribution in [3.05, 3.63) is 0 Å². The zero-order valence-electron chi connectivity index (χ0n) is 12.7. The minimum Gasteiger partial charge on any atom is -0.356 e. The van der Waals surface area contributed by atoms with Crippen LogP contribution in [0.4, 0.5) is 0 Å². The molecule has 0 saturated heterocycles. The minimum atomic E-state index is 0.270. The monoisotopic (exact) mass is 278 g/mol. The van der Waals surface area contributed by atoms with Gasteiger partial charge in [-0.2, -0.15) is 0 Å². The lowest BCUT2D eigenvalue weighted by molar-refractivity contribution is -0.121. The van der Waals surface area contributed by atoms with Crippen molar-refractivity contribution in [1.82, 2.24) is 5.32 Å². The summed E-state index contributed by atoms with van der Waals surface area (Å²) in [4.78, 5) is 12.0. The molecule has 0 aromatic heterocycles. The number of carbonyl (C=O) groups excluding carboxylic acids is 1. The molecule has 0 heterocycles. The van der Waals surface area contributed by atoms with Crippen molar-refractivity contribution < 1.29 is 4.79 Å². The van der Waals surface area contributed by atoms with Gasteiger partial charge in [-0.25, -0.2) is 0 Å². The van der Waals surface area contributed by atoms with Gasteiger partial charge in [-0.15, -0.1) is 0 Å². The molecule has 0 aliphatic heterocycles. The maximum Gasteiger partial charge on any atom is 0.220 e. The van der Waals surface area contributed by atoms with E-state index in [4.69, 9.17) is 5.73 Å². The summed E-state index contributed by atoms with van der Waals surface area (Å²) in [5.41, 5.74) is 6.01. The Hall–Kier alpha value is -0.570. The first kappa shape index (κ1) is 14.4. The second kappa shape index (κ2) is 6.46. The molecule has 3 saturated carbocycles. The number of hydrogen-bond donors (Lipinski definition) is 2. The molecule has 0 spiro atoms. The van der Waals surface area contributed by atoms with Gasteiger partial charge in [-0.1, -0.05) is 19.3 Å². The van der Waals surface area contributed by atoms with Crippen molar-refractivity contribution in [3.8, 4) is 0 Å².